The minimum Gasteiger partial charge on any atom is -0.497 e. The van der Waals surface area contributed by atoms with E-state index in [2.05, 4.69) is 69.0 Å². The smallest absolute Gasteiger partial charge is 0.120 e. The second-order valence-corrected chi connectivity index (χ2v) is 6.90. The average molecular weight is 327 g/mol. The predicted molar refractivity (Wildman–Crippen MR) is 102 cm³/mol. The number of methoxy groups -OCH3 is 1. The number of nitrogens with zero attached hydrogens (tertiary/aromatic N) is 1. The van der Waals surface area contributed by atoms with Gasteiger partial charge in [-0.1, -0.05) is 39.0 Å². The molecule has 3 nitrogen and oxygen atoms in total. The fourth-order valence-corrected chi connectivity index (χ4v) is 2.60. The van der Waals surface area contributed by atoms with E-state index in [0.29, 0.717) is 6.61 Å². The van der Waals surface area contributed by atoms with Gasteiger partial charge in [-0.3, -0.25) is 0 Å². The molecule has 130 valence electrons. The van der Waals surface area contributed by atoms with Crippen LogP contribution in [0.15, 0.2) is 48.5 Å². The van der Waals surface area contributed by atoms with Crippen LogP contribution in [0.2, 0.25) is 0 Å². The van der Waals surface area contributed by atoms with Gasteiger partial charge in [0.2, 0.25) is 0 Å². The largest absolute Gasteiger partial charge is 0.497 e. The van der Waals surface area contributed by atoms with E-state index < -0.39 is 0 Å². The lowest BCUT2D eigenvalue weighted by atomic mass is 9.87. The van der Waals surface area contributed by atoms with Crippen molar-refractivity contribution in [3.63, 3.8) is 0 Å². The van der Waals surface area contributed by atoms with Crippen LogP contribution in [-0.4, -0.2) is 26.8 Å². The number of likely N-dealkylation sites (N-methyl/N-ethyl adjacent to an activating group) is 1. The third kappa shape index (κ3) is 4.92. The fourth-order valence-electron chi connectivity index (χ4n) is 2.60. The standard InChI is InChI=1S/C21H29NO2/c1-6-22(18-8-7-9-20(16-18)23-5)14-15-24-19-12-10-17(11-13-19)21(2,3)4/h7-13,16H,6,14-15H2,1-5H3. The Morgan fingerprint density at radius 2 is 1.67 bits per heavy atom. The second-order valence-electron chi connectivity index (χ2n) is 6.90. The van der Waals surface area contributed by atoms with Crippen molar-refractivity contribution in [2.45, 2.75) is 33.1 Å². The highest BCUT2D eigenvalue weighted by atomic mass is 16.5. The van der Waals surface area contributed by atoms with Gasteiger partial charge in [-0.15, -0.1) is 0 Å². The maximum Gasteiger partial charge on any atom is 0.120 e. The predicted octanol–water partition coefficient (Wildman–Crippen LogP) is 4.90. The summed E-state index contributed by atoms with van der Waals surface area (Å²) in [6.45, 7) is 11.2. The van der Waals surface area contributed by atoms with Crippen molar-refractivity contribution in [1.82, 2.24) is 0 Å². The summed E-state index contributed by atoms with van der Waals surface area (Å²) in [5.74, 6) is 1.80. The summed E-state index contributed by atoms with van der Waals surface area (Å²) in [5.41, 5.74) is 2.65. The van der Waals surface area contributed by atoms with Gasteiger partial charge >= 0.3 is 0 Å². The Morgan fingerprint density at radius 3 is 2.25 bits per heavy atom. The first kappa shape index (κ1) is 18.2. The van der Waals surface area contributed by atoms with Gasteiger partial charge < -0.3 is 14.4 Å². The second kappa shape index (κ2) is 8.09. The zero-order valence-electron chi connectivity index (χ0n) is 15.5. The normalized spacial score (nSPS) is 11.2. The van der Waals surface area contributed by atoms with Crippen LogP contribution in [0.25, 0.3) is 0 Å². The summed E-state index contributed by atoms with van der Waals surface area (Å²) < 4.78 is 11.2. The van der Waals surface area contributed by atoms with E-state index in [1.54, 1.807) is 7.11 Å². The molecule has 0 heterocycles. The zero-order valence-corrected chi connectivity index (χ0v) is 15.5. The van der Waals surface area contributed by atoms with E-state index in [0.717, 1.165) is 30.3 Å². The van der Waals surface area contributed by atoms with E-state index in [4.69, 9.17) is 9.47 Å². The number of hydrogen-bond acceptors (Lipinski definition) is 3. The molecule has 0 saturated heterocycles. The van der Waals surface area contributed by atoms with Crippen molar-refractivity contribution in [2.75, 3.05) is 31.7 Å². The van der Waals surface area contributed by atoms with Crippen molar-refractivity contribution in [3.8, 4) is 11.5 Å². The molecule has 2 aromatic carbocycles. The molecule has 0 atom stereocenters. The van der Waals surface area contributed by atoms with Gasteiger partial charge in [-0.05, 0) is 42.2 Å². The van der Waals surface area contributed by atoms with Crippen LogP contribution >= 0.6 is 0 Å². The van der Waals surface area contributed by atoms with E-state index in [1.165, 1.54) is 5.56 Å². The van der Waals surface area contributed by atoms with Crippen molar-refractivity contribution >= 4 is 5.69 Å². The van der Waals surface area contributed by atoms with Crippen LogP contribution in [0, 0.1) is 0 Å². The Bertz CT molecular complexity index is 629. The molecule has 0 fully saturated rings. The average Bonchev–Trinajstić information content (AvgIpc) is 2.58. The molecule has 2 aromatic rings. The van der Waals surface area contributed by atoms with Crippen molar-refractivity contribution < 1.29 is 9.47 Å². The Balaban J connectivity index is 1.92. The van der Waals surface area contributed by atoms with Crippen molar-refractivity contribution in [3.05, 3.63) is 54.1 Å². The van der Waals surface area contributed by atoms with Crippen LogP contribution in [0.3, 0.4) is 0 Å². The molecular weight excluding hydrogens is 298 g/mol. The van der Waals surface area contributed by atoms with E-state index in [9.17, 15) is 0 Å². The highest BCUT2D eigenvalue weighted by molar-refractivity contribution is 5.50. The Morgan fingerprint density at radius 1 is 0.958 bits per heavy atom. The van der Waals surface area contributed by atoms with Crippen LogP contribution in [-0.2, 0) is 5.41 Å². The molecule has 0 aliphatic carbocycles. The van der Waals surface area contributed by atoms with Crippen molar-refractivity contribution in [1.29, 1.82) is 0 Å². The molecule has 0 saturated carbocycles. The van der Waals surface area contributed by atoms with Gasteiger partial charge in [-0.2, -0.15) is 0 Å². The first-order valence-electron chi connectivity index (χ1n) is 8.56. The lowest BCUT2D eigenvalue weighted by Gasteiger charge is -2.24. The number of rotatable bonds is 7. The van der Waals surface area contributed by atoms with Gasteiger partial charge in [0.1, 0.15) is 18.1 Å². The molecule has 3 heteroatoms. The SMILES string of the molecule is CCN(CCOc1ccc(C(C)(C)C)cc1)c1cccc(OC)c1. The minimum absolute atomic E-state index is 0.171. The third-order valence-electron chi connectivity index (χ3n) is 4.15. The topological polar surface area (TPSA) is 21.7 Å². The highest BCUT2D eigenvalue weighted by Crippen LogP contribution is 2.24. The first-order chi connectivity index (χ1) is 11.4. The molecule has 24 heavy (non-hydrogen) atoms. The Hall–Kier alpha value is -2.16. The van der Waals surface area contributed by atoms with E-state index >= 15 is 0 Å². The summed E-state index contributed by atoms with van der Waals surface area (Å²) in [4.78, 5) is 2.28. The number of benzene rings is 2. The Kier molecular flexibility index (Phi) is 6.13. The fraction of sp³-hybridized carbons (Fsp3) is 0.429. The molecule has 0 unspecified atom stereocenters. The molecule has 0 spiro atoms. The molecule has 0 aromatic heterocycles. The molecule has 2 rings (SSSR count). The summed E-state index contributed by atoms with van der Waals surface area (Å²) >= 11 is 0. The Labute approximate surface area is 146 Å². The van der Waals surface area contributed by atoms with Crippen molar-refractivity contribution in [2.24, 2.45) is 0 Å². The summed E-state index contributed by atoms with van der Waals surface area (Å²) in [5, 5.41) is 0. The van der Waals surface area contributed by atoms with Gasteiger partial charge in [0.25, 0.3) is 0 Å². The maximum atomic E-state index is 5.91. The molecule has 0 aliphatic heterocycles. The van der Waals surface area contributed by atoms with Crippen LogP contribution in [0.1, 0.15) is 33.3 Å². The van der Waals surface area contributed by atoms with Crippen LogP contribution in [0.5, 0.6) is 11.5 Å². The zero-order chi connectivity index (χ0) is 17.6. The quantitative estimate of drug-likeness (QED) is 0.722. The van der Waals surface area contributed by atoms with Gasteiger partial charge in [0.15, 0.2) is 0 Å². The van der Waals surface area contributed by atoms with Crippen LogP contribution < -0.4 is 14.4 Å². The van der Waals surface area contributed by atoms with E-state index in [-0.39, 0.29) is 5.41 Å². The van der Waals surface area contributed by atoms with Crippen LogP contribution in [0.4, 0.5) is 5.69 Å². The monoisotopic (exact) mass is 327 g/mol. The highest BCUT2D eigenvalue weighted by Gasteiger charge is 2.13. The summed E-state index contributed by atoms with van der Waals surface area (Å²) in [6, 6.07) is 16.5. The molecule has 0 N–H and O–H groups in total. The number of ether oxygens (including phenoxy) is 2. The number of hydrogen-bond donors (Lipinski definition) is 0. The third-order valence-corrected chi connectivity index (χ3v) is 4.15. The molecule has 0 bridgehead atoms. The van der Waals surface area contributed by atoms with Gasteiger partial charge in [0.05, 0.1) is 13.7 Å². The minimum atomic E-state index is 0.171. The molecular formula is C21H29NO2. The maximum absolute atomic E-state index is 5.91. The molecule has 0 amide bonds. The lowest BCUT2D eigenvalue weighted by Crippen LogP contribution is -2.28. The lowest BCUT2D eigenvalue weighted by molar-refractivity contribution is 0.324. The molecule has 0 radical (unpaired) electrons. The summed E-state index contributed by atoms with van der Waals surface area (Å²) in [6.07, 6.45) is 0. The van der Waals surface area contributed by atoms with Gasteiger partial charge in [0, 0.05) is 18.3 Å². The van der Waals surface area contributed by atoms with Gasteiger partial charge in [-0.25, -0.2) is 0 Å². The van der Waals surface area contributed by atoms with E-state index in [1.807, 2.05) is 12.1 Å². The number of anilines is 1. The molecule has 0 aliphatic rings. The summed E-state index contributed by atoms with van der Waals surface area (Å²) in [7, 11) is 1.69. The first-order valence-corrected chi connectivity index (χ1v) is 8.56.